The van der Waals surface area contributed by atoms with Gasteiger partial charge in [-0.3, -0.25) is 10.2 Å². The number of aryl methyl sites for hydroxylation is 3. The van der Waals surface area contributed by atoms with Gasteiger partial charge in [-0.05, 0) is 69.7 Å². The quantitative estimate of drug-likeness (QED) is 0.146. The zero-order chi connectivity index (χ0) is 27.9. The lowest BCUT2D eigenvalue weighted by Gasteiger charge is -2.32. The van der Waals surface area contributed by atoms with Crippen molar-refractivity contribution < 1.29 is 22.7 Å². The van der Waals surface area contributed by atoms with Crippen molar-refractivity contribution in [2.75, 3.05) is 13.1 Å². The maximum absolute atomic E-state index is 14.2. The van der Waals surface area contributed by atoms with Crippen LogP contribution in [-0.2, 0) is 31.0 Å². The topological polar surface area (TPSA) is 155 Å². The molecule has 0 spiro atoms. The number of hydrogen-bond acceptors (Lipinski definition) is 7. The highest BCUT2D eigenvalue weighted by atomic mass is 32.2. The van der Waals surface area contributed by atoms with E-state index < -0.39 is 34.0 Å². The summed E-state index contributed by atoms with van der Waals surface area (Å²) in [6, 6.07) is 10.4. The van der Waals surface area contributed by atoms with Gasteiger partial charge in [0.1, 0.15) is 12.6 Å². The van der Waals surface area contributed by atoms with Crippen LogP contribution in [0.5, 0.6) is 0 Å². The maximum Gasteiger partial charge on any atom is 0.330 e. The Balaban J connectivity index is 2.04. The first-order valence-corrected chi connectivity index (χ1v) is 14.1. The number of hydrogen-bond donors (Lipinski definition) is 4. The molecule has 2 aromatic carbocycles. The highest BCUT2D eigenvalue weighted by molar-refractivity contribution is 7.89. The lowest BCUT2D eigenvalue weighted by Crippen LogP contribution is -2.54. The van der Waals surface area contributed by atoms with Gasteiger partial charge in [0.15, 0.2) is 5.96 Å². The molecule has 5 N–H and O–H groups in total. The molecule has 2 aromatic rings. The van der Waals surface area contributed by atoms with E-state index in [1.165, 1.54) is 0 Å². The number of carbonyl (C=O) groups excluding carboxylic acids is 2. The molecule has 10 nitrogen and oxygen atoms in total. The van der Waals surface area contributed by atoms with Crippen LogP contribution in [0.1, 0.15) is 47.9 Å². The van der Waals surface area contributed by atoms with Crippen molar-refractivity contribution in [2.45, 2.75) is 70.0 Å². The number of rotatable bonds is 11. The zero-order valence-electron chi connectivity index (χ0n) is 22.1. The van der Waals surface area contributed by atoms with Gasteiger partial charge in [0, 0.05) is 6.54 Å². The Morgan fingerprint density at radius 2 is 1.84 bits per heavy atom. The average molecular weight is 544 g/mol. The van der Waals surface area contributed by atoms with Gasteiger partial charge in [-0.1, -0.05) is 48.0 Å². The first-order chi connectivity index (χ1) is 18.0. The summed E-state index contributed by atoms with van der Waals surface area (Å²) in [5.74, 6) is -1.73. The van der Waals surface area contributed by atoms with Gasteiger partial charge in [-0.2, -0.15) is 0 Å². The van der Waals surface area contributed by atoms with Crippen LogP contribution in [0.4, 0.5) is 0 Å². The van der Waals surface area contributed by atoms with Crippen LogP contribution < -0.4 is 16.4 Å². The van der Waals surface area contributed by atoms with E-state index in [0.29, 0.717) is 24.1 Å². The number of sulfonamides is 1. The summed E-state index contributed by atoms with van der Waals surface area (Å²) in [6.07, 6.45) is 1.45. The number of nitrogens with one attached hydrogen (secondary N) is 3. The standard InChI is InChI=1S/C27H37N5O5S/c1-18-15-19(2)24(20(3)16-18)38(35,36)32(25(33)22-11-7-13-30-22)23(12-8-14-31-27(28)29)26(34)37-17-21-9-5-4-6-10-21/h4-6,9-10,15-16,22-23,30H,7-8,11-14,17H2,1-3H3,(H4,28,29,31)/t22-,23-/m0/s1. The third-order valence-corrected chi connectivity index (χ3v) is 8.56. The average Bonchev–Trinajstić information content (AvgIpc) is 3.39. The second kappa shape index (κ2) is 12.9. The fourth-order valence-electron chi connectivity index (χ4n) is 4.83. The third-order valence-electron chi connectivity index (χ3n) is 6.45. The van der Waals surface area contributed by atoms with Gasteiger partial charge in [0.25, 0.3) is 15.9 Å². The highest BCUT2D eigenvalue weighted by Gasteiger charge is 2.44. The normalized spacial score (nSPS) is 16.0. The van der Waals surface area contributed by atoms with Crippen molar-refractivity contribution in [3.63, 3.8) is 0 Å². The Morgan fingerprint density at radius 3 is 2.42 bits per heavy atom. The molecule has 1 aliphatic rings. The molecule has 1 heterocycles. The summed E-state index contributed by atoms with van der Waals surface area (Å²) < 4.78 is 34.8. The molecular weight excluding hydrogens is 506 g/mol. The molecule has 1 aliphatic heterocycles. The van der Waals surface area contributed by atoms with Gasteiger partial charge in [0.05, 0.1) is 10.9 Å². The molecular formula is C27H37N5O5S. The Labute approximate surface area is 224 Å². The van der Waals surface area contributed by atoms with E-state index >= 15 is 0 Å². The number of guanidine groups is 1. The van der Waals surface area contributed by atoms with Crippen LogP contribution in [0.2, 0.25) is 0 Å². The number of nitrogens with two attached hydrogens (primary N) is 1. The number of ether oxygens (including phenoxy) is 1. The highest BCUT2D eigenvalue weighted by Crippen LogP contribution is 2.30. The number of nitrogens with zero attached hydrogens (tertiary/aromatic N) is 1. The summed E-state index contributed by atoms with van der Waals surface area (Å²) in [5, 5.41) is 13.1. The van der Waals surface area contributed by atoms with Crippen molar-refractivity contribution in [2.24, 2.45) is 5.73 Å². The molecule has 11 heteroatoms. The fourth-order valence-corrected chi connectivity index (χ4v) is 6.85. The Morgan fingerprint density at radius 1 is 1.18 bits per heavy atom. The molecule has 0 saturated carbocycles. The predicted octanol–water partition coefficient (Wildman–Crippen LogP) is 2.26. The predicted molar refractivity (Wildman–Crippen MR) is 145 cm³/mol. The summed E-state index contributed by atoms with van der Waals surface area (Å²) >= 11 is 0. The summed E-state index contributed by atoms with van der Waals surface area (Å²) in [6.45, 7) is 5.98. The number of benzene rings is 2. The van der Waals surface area contributed by atoms with Crippen LogP contribution in [-0.4, -0.2) is 55.7 Å². The molecule has 38 heavy (non-hydrogen) atoms. The smallest absolute Gasteiger partial charge is 0.330 e. The Kier molecular flexibility index (Phi) is 9.87. The monoisotopic (exact) mass is 543 g/mol. The largest absolute Gasteiger partial charge is 0.459 e. The van der Waals surface area contributed by atoms with Crippen molar-refractivity contribution in [1.29, 1.82) is 5.41 Å². The van der Waals surface area contributed by atoms with Crippen LogP contribution in [0.15, 0.2) is 47.4 Å². The van der Waals surface area contributed by atoms with Gasteiger partial charge in [-0.15, -0.1) is 0 Å². The van der Waals surface area contributed by atoms with Gasteiger partial charge < -0.3 is 21.1 Å². The van der Waals surface area contributed by atoms with E-state index in [4.69, 9.17) is 15.9 Å². The summed E-state index contributed by atoms with van der Waals surface area (Å²) in [5.41, 5.74) is 7.99. The molecule has 0 aromatic heterocycles. The van der Waals surface area contributed by atoms with Crippen LogP contribution in [0, 0.1) is 26.2 Å². The number of carbonyl (C=O) groups is 2. The third kappa shape index (κ3) is 7.11. The van der Waals surface area contributed by atoms with Gasteiger partial charge >= 0.3 is 5.97 Å². The molecule has 1 fully saturated rings. The van der Waals surface area contributed by atoms with Crippen molar-refractivity contribution >= 4 is 27.9 Å². The second-order valence-corrected chi connectivity index (χ2v) is 11.4. The SMILES string of the molecule is Cc1cc(C)c(S(=O)(=O)N(C(=O)[C@@H]2CCCN2)[C@@H](CCCNC(=N)N)C(=O)OCc2ccccc2)c(C)c1. The molecule has 0 aliphatic carbocycles. The zero-order valence-corrected chi connectivity index (χ0v) is 22.9. The molecule has 206 valence electrons. The van der Waals surface area contributed by atoms with Crippen LogP contribution in [0.25, 0.3) is 0 Å². The van der Waals surface area contributed by atoms with E-state index in [1.54, 1.807) is 38.1 Å². The Bertz CT molecular complexity index is 1240. The molecule has 0 unspecified atom stereocenters. The van der Waals surface area contributed by atoms with Crippen molar-refractivity contribution in [1.82, 2.24) is 14.9 Å². The minimum atomic E-state index is -4.44. The first-order valence-electron chi connectivity index (χ1n) is 12.7. The van der Waals surface area contributed by atoms with Crippen LogP contribution in [0.3, 0.4) is 0 Å². The van der Waals surface area contributed by atoms with Crippen molar-refractivity contribution in [3.8, 4) is 0 Å². The number of amides is 1. The summed E-state index contributed by atoms with van der Waals surface area (Å²) in [4.78, 5) is 27.4. The van der Waals surface area contributed by atoms with E-state index in [0.717, 1.165) is 21.9 Å². The molecule has 2 atom stereocenters. The lowest BCUT2D eigenvalue weighted by molar-refractivity contribution is -0.153. The van der Waals surface area contributed by atoms with Crippen LogP contribution >= 0.6 is 0 Å². The molecule has 0 bridgehead atoms. The van der Waals surface area contributed by atoms with E-state index in [9.17, 15) is 18.0 Å². The molecule has 1 saturated heterocycles. The minimum Gasteiger partial charge on any atom is -0.459 e. The molecule has 3 rings (SSSR count). The molecule has 1 amide bonds. The maximum atomic E-state index is 14.2. The second-order valence-electron chi connectivity index (χ2n) is 9.61. The van der Waals surface area contributed by atoms with E-state index in [1.807, 2.05) is 25.1 Å². The van der Waals surface area contributed by atoms with Gasteiger partial charge in [0.2, 0.25) is 0 Å². The number of esters is 1. The van der Waals surface area contributed by atoms with E-state index in [-0.39, 0.29) is 36.8 Å². The summed E-state index contributed by atoms with van der Waals surface area (Å²) in [7, 11) is -4.44. The van der Waals surface area contributed by atoms with Gasteiger partial charge in [-0.25, -0.2) is 17.5 Å². The Hall–Kier alpha value is -3.44. The first kappa shape index (κ1) is 29.1. The van der Waals surface area contributed by atoms with E-state index in [2.05, 4.69) is 10.6 Å². The fraction of sp³-hybridized carbons (Fsp3) is 0.444. The molecule has 0 radical (unpaired) electrons. The minimum absolute atomic E-state index is 0.00442. The lowest BCUT2D eigenvalue weighted by atomic mass is 10.1. The van der Waals surface area contributed by atoms with Crippen molar-refractivity contribution in [3.05, 3.63) is 64.7 Å².